The first-order valence-electron chi connectivity index (χ1n) is 13.3. The Labute approximate surface area is 212 Å². The maximum absolute atomic E-state index is 13.0. The third kappa shape index (κ3) is 5.03. The molecular formula is C28H39N5O3. The van der Waals surface area contributed by atoms with Gasteiger partial charge in [0, 0.05) is 48.7 Å². The topological polar surface area (TPSA) is 138 Å². The largest absolute Gasteiger partial charge is 0.398 e. The number of aromatic amines is 1. The van der Waals surface area contributed by atoms with Crippen LogP contribution in [-0.2, 0) is 4.74 Å². The van der Waals surface area contributed by atoms with E-state index in [2.05, 4.69) is 33.8 Å². The predicted molar refractivity (Wildman–Crippen MR) is 142 cm³/mol. The van der Waals surface area contributed by atoms with E-state index in [0.717, 1.165) is 63.8 Å². The van der Waals surface area contributed by atoms with Gasteiger partial charge in [-0.2, -0.15) is 0 Å². The first kappa shape index (κ1) is 24.9. The summed E-state index contributed by atoms with van der Waals surface area (Å²) in [6.45, 7) is 3.19. The molecule has 1 aliphatic carbocycles. The van der Waals surface area contributed by atoms with Crippen molar-refractivity contribution in [1.82, 2.24) is 15.6 Å². The van der Waals surface area contributed by atoms with Crippen LogP contribution in [0, 0.1) is 5.41 Å². The van der Waals surface area contributed by atoms with Crippen LogP contribution >= 0.6 is 0 Å². The van der Waals surface area contributed by atoms with Gasteiger partial charge in [-0.15, -0.1) is 0 Å². The van der Waals surface area contributed by atoms with Gasteiger partial charge < -0.3 is 36.9 Å². The molecule has 2 saturated heterocycles. The highest BCUT2D eigenvalue weighted by molar-refractivity contribution is 6.01. The average molecular weight is 494 g/mol. The van der Waals surface area contributed by atoms with E-state index in [1.807, 2.05) is 0 Å². The molecule has 8 N–H and O–H groups in total. The quantitative estimate of drug-likeness (QED) is 0.334. The number of aromatic nitrogens is 1. The molecule has 2 aliphatic heterocycles. The highest BCUT2D eigenvalue weighted by Crippen LogP contribution is 2.40. The lowest BCUT2D eigenvalue weighted by atomic mass is 9.69. The third-order valence-electron chi connectivity index (χ3n) is 8.39. The highest BCUT2D eigenvalue weighted by atomic mass is 16.5. The van der Waals surface area contributed by atoms with Crippen LogP contribution in [0.2, 0.25) is 0 Å². The zero-order valence-electron chi connectivity index (χ0n) is 20.9. The van der Waals surface area contributed by atoms with Crippen molar-refractivity contribution in [1.29, 1.82) is 0 Å². The molecule has 1 atom stereocenters. The fraction of sp³-hybridized carbons (Fsp3) is 0.536. The Hall–Kier alpha value is -2.81. The SMILES string of the molecule is N/C(=C\c1c(C(=O)NCC2(CO)CCC2)c[nH]c1N)c1ccc(C2CCOCC2)c(C2CCCN2)c1. The molecular weight excluding hydrogens is 454 g/mol. The van der Waals surface area contributed by atoms with Crippen molar-refractivity contribution in [3.8, 4) is 0 Å². The number of hydrogen-bond donors (Lipinski definition) is 6. The van der Waals surface area contributed by atoms with E-state index >= 15 is 0 Å². The van der Waals surface area contributed by atoms with E-state index in [4.69, 9.17) is 16.2 Å². The van der Waals surface area contributed by atoms with Crippen molar-refractivity contribution >= 4 is 23.5 Å². The van der Waals surface area contributed by atoms with Crippen molar-refractivity contribution in [3.63, 3.8) is 0 Å². The summed E-state index contributed by atoms with van der Waals surface area (Å²) >= 11 is 0. The van der Waals surface area contributed by atoms with Crippen molar-refractivity contribution in [2.24, 2.45) is 11.1 Å². The normalized spacial score (nSPS) is 22.4. The van der Waals surface area contributed by atoms with E-state index in [0.29, 0.717) is 41.1 Å². The van der Waals surface area contributed by atoms with E-state index in [1.165, 1.54) is 17.5 Å². The first-order valence-corrected chi connectivity index (χ1v) is 13.3. The van der Waals surface area contributed by atoms with Gasteiger partial charge in [0.05, 0.1) is 12.2 Å². The second-order valence-electron chi connectivity index (χ2n) is 10.7. The highest BCUT2D eigenvalue weighted by Gasteiger charge is 2.36. The Bertz CT molecular complexity index is 1100. The number of amides is 1. The third-order valence-corrected chi connectivity index (χ3v) is 8.39. The van der Waals surface area contributed by atoms with Crippen molar-refractivity contribution in [2.45, 2.75) is 56.9 Å². The second-order valence-corrected chi connectivity index (χ2v) is 10.7. The van der Waals surface area contributed by atoms with E-state index in [-0.39, 0.29) is 17.9 Å². The molecule has 0 bridgehead atoms. The average Bonchev–Trinajstić information content (AvgIpc) is 3.54. The molecule has 5 rings (SSSR count). The van der Waals surface area contributed by atoms with Crippen molar-refractivity contribution < 1.29 is 14.6 Å². The zero-order valence-corrected chi connectivity index (χ0v) is 20.9. The fourth-order valence-electron chi connectivity index (χ4n) is 5.85. The van der Waals surface area contributed by atoms with Gasteiger partial charge >= 0.3 is 0 Å². The van der Waals surface area contributed by atoms with E-state index in [9.17, 15) is 9.90 Å². The minimum absolute atomic E-state index is 0.0876. The number of nitrogen functional groups attached to an aromatic ring is 1. The van der Waals surface area contributed by atoms with Crippen LogP contribution < -0.4 is 22.1 Å². The van der Waals surface area contributed by atoms with Crippen molar-refractivity contribution in [3.05, 3.63) is 52.2 Å². The van der Waals surface area contributed by atoms with Gasteiger partial charge in [0.2, 0.25) is 0 Å². The van der Waals surface area contributed by atoms with E-state index < -0.39 is 0 Å². The number of anilines is 1. The Morgan fingerprint density at radius 3 is 2.67 bits per heavy atom. The molecule has 194 valence electrons. The first-order chi connectivity index (χ1) is 17.5. The lowest BCUT2D eigenvalue weighted by Gasteiger charge is -2.40. The van der Waals surface area contributed by atoms with E-state index in [1.54, 1.807) is 12.3 Å². The number of hydrogen-bond acceptors (Lipinski definition) is 6. The summed E-state index contributed by atoms with van der Waals surface area (Å²) in [4.78, 5) is 16.0. The van der Waals surface area contributed by atoms with Gasteiger partial charge in [-0.3, -0.25) is 4.79 Å². The molecule has 1 amide bonds. The Morgan fingerprint density at radius 1 is 1.19 bits per heavy atom. The van der Waals surface area contributed by atoms with Gasteiger partial charge in [0.1, 0.15) is 5.82 Å². The molecule has 1 unspecified atom stereocenters. The second kappa shape index (κ2) is 10.7. The number of ether oxygens (including phenoxy) is 1. The molecule has 8 heteroatoms. The summed E-state index contributed by atoms with van der Waals surface area (Å²) in [6.07, 6.45) is 10.7. The molecule has 0 spiro atoms. The number of carbonyl (C=O) groups is 1. The number of aliphatic hydroxyl groups excluding tert-OH is 1. The standard InChI is InChI=1S/C28H39N5O3/c29-24(14-22-23(15-32-26(22)30)27(35)33-16-28(17-34)8-2-9-28)19-4-5-20(18-6-11-36-12-7-18)21(13-19)25-3-1-10-31-25/h4-5,13-15,18,25,31-32,34H,1-3,6-12,16-17,29-30H2,(H,33,35)/b24-14-. The number of rotatable bonds is 8. The van der Waals surface area contributed by atoms with Gasteiger partial charge in [0.15, 0.2) is 0 Å². The van der Waals surface area contributed by atoms with Gasteiger partial charge in [-0.1, -0.05) is 18.6 Å². The van der Waals surface area contributed by atoms with Crippen LogP contribution in [0.4, 0.5) is 5.82 Å². The summed E-state index contributed by atoms with van der Waals surface area (Å²) in [5, 5.41) is 16.3. The maximum Gasteiger partial charge on any atom is 0.253 e. The van der Waals surface area contributed by atoms with Gasteiger partial charge in [0.25, 0.3) is 5.91 Å². The summed E-state index contributed by atoms with van der Waals surface area (Å²) in [5.41, 5.74) is 17.9. The molecule has 1 saturated carbocycles. The number of benzene rings is 1. The van der Waals surface area contributed by atoms with Crippen LogP contribution in [0.3, 0.4) is 0 Å². The number of aliphatic hydroxyl groups is 1. The molecule has 1 aromatic carbocycles. The van der Waals surface area contributed by atoms with Crippen LogP contribution in [0.5, 0.6) is 0 Å². The Morgan fingerprint density at radius 2 is 2.00 bits per heavy atom. The fourth-order valence-corrected chi connectivity index (χ4v) is 5.85. The monoisotopic (exact) mass is 493 g/mol. The minimum Gasteiger partial charge on any atom is -0.398 e. The smallest absolute Gasteiger partial charge is 0.253 e. The van der Waals surface area contributed by atoms with Crippen molar-refractivity contribution in [2.75, 3.05) is 38.6 Å². The summed E-state index contributed by atoms with van der Waals surface area (Å²) in [5.74, 6) is 0.691. The summed E-state index contributed by atoms with van der Waals surface area (Å²) in [7, 11) is 0. The molecule has 1 aromatic heterocycles. The molecule has 36 heavy (non-hydrogen) atoms. The minimum atomic E-state index is -0.215. The predicted octanol–water partition coefficient (Wildman–Crippen LogP) is 3.26. The molecule has 2 aromatic rings. The number of nitrogens with one attached hydrogen (secondary N) is 3. The van der Waals surface area contributed by atoms with Crippen LogP contribution in [0.15, 0.2) is 24.4 Å². The summed E-state index contributed by atoms with van der Waals surface area (Å²) in [6, 6.07) is 6.85. The number of carbonyl (C=O) groups excluding carboxylic acids is 1. The van der Waals surface area contributed by atoms with Crippen LogP contribution in [0.25, 0.3) is 11.8 Å². The number of nitrogens with two attached hydrogens (primary N) is 2. The summed E-state index contributed by atoms with van der Waals surface area (Å²) < 4.78 is 5.60. The lowest BCUT2D eigenvalue weighted by Crippen LogP contribution is -2.44. The maximum atomic E-state index is 13.0. The van der Waals surface area contributed by atoms with Gasteiger partial charge in [-0.25, -0.2) is 0 Å². The number of H-pyrrole nitrogens is 1. The molecule has 3 heterocycles. The van der Waals surface area contributed by atoms with Crippen LogP contribution in [-0.4, -0.2) is 48.9 Å². The molecule has 3 fully saturated rings. The molecule has 8 nitrogen and oxygen atoms in total. The zero-order chi connectivity index (χ0) is 25.1. The molecule has 3 aliphatic rings. The van der Waals surface area contributed by atoms with Crippen LogP contribution in [0.1, 0.15) is 89.5 Å². The van der Waals surface area contributed by atoms with Gasteiger partial charge in [-0.05, 0) is 79.8 Å². The Kier molecular flexibility index (Phi) is 7.37. The lowest BCUT2D eigenvalue weighted by molar-refractivity contribution is 0.0429. The Balaban J connectivity index is 1.40. The molecule has 0 radical (unpaired) electrons.